The van der Waals surface area contributed by atoms with E-state index in [4.69, 9.17) is 42.1 Å². The monoisotopic (exact) mass is 825 g/mol. The molecule has 3 aromatic carbocycles. The minimum Gasteiger partial charge on any atom is -0.468 e. The van der Waals surface area contributed by atoms with Crippen molar-refractivity contribution in [2.24, 2.45) is 16.7 Å². The average molecular weight is 826 g/mol. The number of hydrazine groups is 1. The maximum Gasteiger partial charge on any atom is 0.510 e. The van der Waals surface area contributed by atoms with Crippen molar-refractivity contribution < 1.29 is 48.0 Å². The van der Waals surface area contributed by atoms with Crippen LogP contribution in [0.3, 0.4) is 0 Å². The lowest BCUT2D eigenvalue weighted by Crippen LogP contribution is -2.40. The van der Waals surface area contributed by atoms with Gasteiger partial charge in [-0.05, 0) is 55.0 Å². The lowest BCUT2D eigenvalue weighted by molar-refractivity contribution is -0.763. The van der Waals surface area contributed by atoms with Crippen molar-refractivity contribution in [2.45, 2.75) is 79.2 Å². The molecule has 0 amide bonds. The first-order valence-electron chi connectivity index (χ1n) is 18.1. The standard InChI is InChI=1S/C36H42ClN7O9.C3H6O2/c1-5-6-15-31-40-33(37)32(35(45)53-24(3)49-4)42(31)20-25-16-18-26(19-17-25)29-13-9-10-14-30(29)34(38)41-43(39)23(2)52-36(46)50-21-27-11-7-8-12-28(27)22-51-44(47)48;1-2-5-3-4/h7-14,16-19,23-24H,5-6,15,20-22,39H2,1-4H3,(H2,38,41);3H,2H2,1H3. The molecule has 0 bridgehead atoms. The molecule has 18 nitrogen and oxygen atoms in total. The second-order valence-electron chi connectivity index (χ2n) is 12.2. The number of unbranched alkanes of at least 4 members (excludes halogenated alkanes) is 1. The second-order valence-corrected chi connectivity index (χ2v) is 12.6. The van der Waals surface area contributed by atoms with E-state index in [0.29, 0.717) is 48.6 Å². The van der Waals surface area contributed by atoms with Crippen LogP contribution in [0, 0.1) is 10.1 Å². The van der Waals surface area contributed by atoms with Gasteiger partial charge in [0.05, 0.1) is 6.61 Å². The molecule has 19 heteroatoms. The van der Waals surface area contributed by atoms with Crippen molar-refractivity contribution in [3.63, 3.8) is 0 Å². The van der Waals surface area contributed by atoms with E-state index in [1.807, 2.05) is 36.4 Å². The number of carbonyl (C=O) groups excluding carboxylic acids is 3. The fourth-order valence-electron chi connectivity index (χ4n) is 5.20. The molecule has 2 unspecified atom stereocenters. The molecule has 4 aromatic rings. The van der Waals surface area contributed by atoms with Gasteiger partial charge in [0.1, 0.15) is 19.0 Å². The van der Waals surface area contributed by atoms with Gasteiger partial charge in [0.2, 0.25) is 6.23 Å². The van der Waals surface area contributed by atoms with Crippen LogP contribution in [-0.4, -0.2) is 70.4 Å². The molecule has 2 atom stereocenters. The maximum atomic E-state index is 13.0. The lowest BCUT2D eigenvalue weighted by Gasteiger charge is -2.21. The third kappa shape index (κ3) is 14.1. The predicted octanol–water partition coefficient (Wildman–Crippen LogP) is 6.13. The predicted molar refractivity (Wildman–Crippen MR) is 212 cm³/mol. The van der Waals surface area contributed by atoms with E-state index in [9.17, 15) is 24.5 Å². The zero-order valence-corrected chi connectivity index (χ0v) is 33.6. The summed E-state index contributed by atoms with van der Waals surface area (Å²) in [6, 6.07) is 21.6. The molecule has 0 spiro atoms. The lowest BCUT2D eigenvalue weighted by atomic mass is 9.98. The van der Waals surface area contributed by atoms with Crippen molar-refractivity contribution in [3.05, 3.63) is 122 Å². The van der Waals surface area contributed by atoms with E-state index in [1.54, 1.807) is 54.8 Å². The van der Waals surface area contributed by atoms with Crippen LogP contribution in [0.2, 0.25) is 5.15 Å². The van der Waals surface area contributed by atoms with Crippen LogP contribution in [0.15, 0.2) is 77.9 Å². The van der Waals surface area contributed by atoms with Crippen molar-refractivity contribution in [3.8, 4) is 11.1 Å². The van der Waals surface area contributed by atoms with Gasteiger partial charge in [-0.3, -0.25) is 4.79 Å². The molecular weight excluding hydrogens is 778 g/mol. The summed E-state index contributed by atoms with van der Waals surface area (Å²) in [4.78, 5) is 54.1. The summed E-state index contributed by atoms with van der Waals surface area (Å²) < 4.78 is 26.8. The number of hydrogen-bond donors (Lipinski definition) is 2. The number of rotatable bonds is 20. The van der Waals surface area contributed by atoms with Gasteiger partial charge in [-0.15, -0.1) is 15.2 Å². The summed E-state index contributed by atoms with van der Waals surface area (Å²) in [6.07, 6.45) is -0.453. The number of aromatic nitrogens is 2. The summed E-state index contributed by atoms with van der Waals surface area (Å²) >= 11 is 6.45. The van der Waals surface area contributed by atoms with Crippen molar-refractivity contribution >= 4 is 36.0 Å². The highest BCUT2D eigenvalue weighted by Gasteiger charge is 2.25. The van der Waals surface area contributed by atoms with Crippen molar-refractivity contribution in [1.82, 2.24) is 14.7 Å². The number of hydrazone groups is 1. The number of hydrogen-bond acceptors (Lipinski definition) is 15. The zero-order valence-electron chi connectivity index (χ0n) is 32.9. The Morgan fingerprint density at radius 3 is 2.28 bits per heavy atom. The van der Waals surface area contributed by atoms with E-state index in [1.165, 1.54) is 14.0 Å². The summed E-state index contributed by atoms with van der Waals surface area (Å²) in [6.45, 7) is 7.62. The molecule has 312 valence electrons. The second kappa shape index (κ2) is 23.7. The van der Waals surface area contributed by atoms with Crippen LogP contribution in [0.25, 0.3) is 11.1 Å². The third-order valence-corrected chi connectivity index (χ3v) is 8.52. The fourth-order valence-corrected chi connectivity index (χ4v) is 5.47. The van der Waals surface area contributed by atoms with Crippen LogP contribution in [0.4, 0.5) is 4.79 Å². The molecule has 0 aliphatic carbocycles. The molecule has 58 heavy (non-hydrogen) atoms. The van der Waals surface area contributed by atoms with E-state index in [0.717, 1.165) is 34.6 Å². The largest absolute Gasteiger partial charge is 0.510 e. The molecule has 0 aliphatic rings. The van der Waals surface area contributed by atoms with Gasteiger partial charge in [0, 0.05) is 25.6 Å². The summed E-state index contributed by atoms with van der Waals surface area (Å²) in [5.41, 5.74) is 10.6. The first-order valence-corrected chi connectivity index (χ1v) is 18.5. The Balaban J connectivity index is 0.00000169. The quantitative estimate of drug-likeness (QED) is 0.0117. The first kappa shape index (κ1) is 46.1. The number of benzene rings is 3. The van der Waals surface area contributed by atoms with Gasteiger partial charge in [-0.2, -0.15) is 5.12 Å². The van der Waals surface area contributed by atoms with Gasteiger partial charge >= 0.3 is 12.1 Å². The molecule has 0 fully saturated rings. The first-order chi connectivity index (χ1) is 27.8. The molecule has 4 N–H and O–H groups in total. The van der Waals surface area contributed by atoms with Crippen LogP contribution in [0.1, 0.15) is 79.1 Å². The Morgan fingerprint density at radius 2 is 1.67 bits per heavy atom. The van der Waals surface area contributed by atoms with Crippen LogP contribution < -0.4 is 11.6 Å². The number of aryl methyl sites for hydroxylation is 1. The summed E-state index contributed by atoms with van der Waals surface area (Å²) in [5, 5.41) is 14.9. The van der Waals surface area contributed by atoms with E-state index in [-0.39, 0.29) is 29.9 Å². The molecule has 4 rings (SSSR count). The molecule has 1 heterocycles. The Morgan fingerprint density at radius 1 is 1.02 bits per heavy atom. The Kier molecular flexibility index (Phi) is 18.9. The molecule has 1 aromatic heterocycles. The fraction of sp³-hybridized carbons (Fsp3) is 0.359. The smallest absolute Gasteiger partial charge is 0.468 e. The zero-order chi connectivity index (χ0) is 42.6. The van der Waals surface area contributed by atoms with E-state index in [2.05, 4.69) is 26.6 Å². The molecule has 0 saturated carbocycles. The number of nitrogens with zero attached hydrogens (tertiary/aromatic N) is 5. The number of esters is 1. The molecule has 0 aliphatic heterocycles. The third-order valence-electron chi connectivity index (χ3n) is 8.25. The number of nitrogens with two attached hydrogens (primary N) is 2. The number of methoxy groups -OCH3 is 1. The van der Waals surface area contributed by atoms with Crippen molar-refractivity contribution in [2.75, 3.05) is 13.7 Å². The SMILES string of the molecule is CCCCc1nc(Cl)c(C(=O)OC(C)OC)n1Cc1ccc(-c2ccccc2/C(N)=N/N(N)C(C)OC(=O)OCc2ccccc2CO[N+](=O)[O-])cc1.CCOC=O. The Hall–Kier alpha value is -6.24. The van der Waals surface area contributed by atoms with Gasteiger partial charge in [-0.25, -0.2) is 20.4 Å². The molecule has 0 saturated heterocycles. The Bertz CT molecular complexity index is 1990. The van der Waals surface area contributed by atoms with Gasteiger partial charge < -0.3 is 38.8 Å². The topological polar surface area (TPSA) is 235 Å². The highest BCUT2D eigenvalue weighted by atomic mass is 35.5. The average Bonchev–Trinajstić information content (AvgIpc) is 3.52. The van der Waals surface area contributed by atoms with Crippen LogP contribution in [0.5, 0.6) is 0 Å². The highest BCUT2D eigenvalue weighted by molar-refractivity contribution is 6.32. The van der Waals surface area contributed by atoms with E-state index < -0.39 is 29.7 Å². The van der Waals surface area contributed by atoms with Crippen LogP contribution >= 0.6 is 11.6 Å². The minimum atomic E-state index is -1.08. The summed E-state index contributed by atoms with van der Waals surface area (Å²) in [7, 11) is 1.44. The molecule has 0 radical (unpaired) electrons. The van der Waals surface area contributed by atoms with Crippen LogP contribution in [-0.2, 0) is 59.5 Å². The number of halogens is 1. The minimum absolute atomic E-state index is 0.0535. The van der Waals surface area contributed by atoms with Gasteiger partial charge in [0.25, 0.3) is 11.6 Å². The molecular formula is C39H48ClN7O11. The summed E-state index contributed by atoms with van der Waals surface area (Å²) in [5.74, 6) is 6.19. The number of amidine groups is 1. The van der Waals surface area contributed by atoms with E-state index >= 15 is 0 Å². The normalized spacial score (nSPS) is 11.9. The van der Waals surface area contributed by atoms with Crippen molar-refractivity contribution in [1.29, 1.82) is 0 Å². The number of carbonyl (C=O) groups is 3. The maximum absolute atomic E-state index is 13.0. The highest BCUT2D eigenvalue weighted by Crippen LogP contribution is 2.27. The number of imidazole rings is 1. The number of ether oxygens (including phenoxy) is 5. The Labute approximate surface area is 340 Å². The van der Waals surface area contributed by atoms with Gasteiger partial charge in [-0.1, -0.05) is 97.7 Å². The van der Waals surface area contributed by atoms with Gasteiger partial charge in [0.15, 0.2) is 23.0 Å².